The molecule has 6 nitrogen and oxygen atoms in total. The van der Waals surface area contributed by atoms with E-state index in [-0.39, 0.29) is 5.75 Å². The van der Waals surface area contributed by atoms with E-state index >= 15 is 0 Å². The van der Waals surface area contributed by atoms with Crippen molar-refractivity contribution in [1.29, 1.82) is 0 Å². The molecule has 0 unspecified atom stereocenters. The van der Waals surface area contributed by atoms with Gasteiger partial charge < -0.3 is 14.9 Å². The van der Waals surface area contributed by atoms with E-state index in [0.717, 1.165) is 31.2 Å². The average Bonchev–Trinajstić information content (AvgIpc) is 2.80. The van der Waals surface area contributed by atoms with Gasteiger partial charge in [0.25, 0.3) is 0 Å². The largest absolute Gasteiger partial charge is 0.481 e. The number of rotatable bonds is 9. The van der Waals surface area contributed by atoms with Crippen LogP contribution in [0.2, 0.25) is 0 Å². The number of hydrogen-bond acceptors (Lipinski definition) is 7. The number of carboxylic acid groups (broad SMARTS) is 1. The molecule has 0 spiro atoms. The van der Waals surface area contributed by atoms with Gasteiger partial charge in [-0.15, -0.1) is 10.2 Å². The van der Waals surface area contributed by atoms with Crippen LogP contribution in [0.25, 0.3) is 0 Å². The first-order chi connectivity index (χ1) is 9.02. The predicted octanol–water partition coefficient (Wildman–Crippen LogP) is 1.49. The van der Waals surface area contributed by atoms with Gasteiger partial charge in [0.1, 0.15) is 0 Å². The SMILES string of the molecule is CCN(CCCN(C)C)c1nnc(SCC(=O)O)s1. The number of anilines is 1. The molecule has 0 bridgehead atoms. The second kappa shape index (κ2) is 8.34. The maximum absolute atomic E-state index is 10.5. The zero-order valence-corrected chi connectivity index (χ0v) is 13.1. The Hall–Kier alpha value is -0.860. The Balaban J connectivity index is 2.49. The van der Waals surface area contributed by atoms with Crippen molar-refractivity contribution in [3.8, 4) is 0 Å². The quantitative estimate of drug-likeness (QED) is 0.693. The highest BCUT2D eigenvalue weighted by molar-refractivity contribution is 8.01. The van der Waals surface area contributed by atoms with Gasteiger partial charge in [0.05, 0.1) is 5.75 Å². The zero-order chi connectivity index (χ0) is 14.3. The van der Waals surface area contributed by atoms with Crippen molar-refractivity contribution in [2.75, 3.05) is 44.4 Å². The van der Waals surface area contributed by atoms with Crippen LogP contribution in [0.4, 0.5) is 5.13 Å². The Morgan fingerprint density at radius 3 is 2.68 bits per heavy atom. The number of carbonyl (C=O) groups is 1. The van der Waals surface area contributed by atoms with E-state index in [2.05, 4.69) is 41.0 Å². The van der Waals surface area contributed by atoms with Gasteiger partial charge in [-0.25, -0.2) is 0 Å². The molecule has 1 aromatic heterocycles. The summed E-state index contributed by atoms with van der Waals surface area (Å²) in [4.78, 5) is 14.8. The van der Waals surface area contributed by atoms with Crippen LogP contribution < -0.4 is 4.90 Å². The molecule has 0 fully saturated rings. The summed E-state index contributed by atoms with van der Waals surface area (Å²) < 4.78 is 0.712. The van der Waals surface area contributed by atoms with Gasteiger partial charge >= 0.3 is 5.97 Å². The zero-order valence-electron chi connectivity index (χ0n) is 11.5. The monoisotopic (exact) mass is 304 g/mol. The fraction of sp³-hybridized carbons (Fsp3) is 0.727. The van der Waals surface area contributed by atoms with Crippen molar-refractivity contribution >= 4 is 34.2 Å². The van der Waals surface area contributed by atoms with Crippen LogP contribution in [0.5, 0.6) is 0 Å². The van der Waals surface area contributed by atoms with Crippen LogP contribution in [-0.2, 0) is 4.79 Å². The first-order valence-electron chi connectivity index (χ1n) is 6.10. The minimum atomic E-state index is -0.833. The van der Waals surface area contributed by atoms with Crippen molar-refractivity contribution in [3.05, 3.63) is 0 Å². The third-order valence-electron chi connectivity index (χ3n) is 2.40. The van der Waals surface area contributed by atoms with E-state index in [1.807, 2.05) is 0 Å². The van der Waals surface area contributed by atoms with Gasteiger partial charge in [-0.1, -0.05) is 23.1 Å². The molecule has 0 amide bonds. The minimum Gasteiger partial charge on any atom is -0.481 e. The highest BCUT2D eigenvalue weighted by Crippen LogP contribution is 2.27. The summed E-state index contributed by atoms with van der Waals surface area (Å²) in [5, 5.41) is 17.6. The van der Waals surface area contributed by atoms with Gasteiger partial charge in [0.2, 0.25) is 5.13 Å². The van der Waals surface area contributed by atoms with Crippen LogP contribution >= 0.6 is 23.1 Å². The molecule has 1 heterocycles. The lowest BCUT2D eigenvalue weighted by Crippen LogP contribution is -2.26. The van der Waals surface area contributed by atoms with Crippen LogP contribution in [0.3, 0.4) is 0 Å². The normalized spacial score (nSPS) is 10.9. The summed E-state index contributed by atoms with van der Waals surface area (Å²) in [6.07, 6.45) is 1.07. The number of carboxylic acids is 1. The van der Waals surface area contributed by atoms with Crippen molar-refractivity contribution in [2.45, 2.75) is 17.7 Å². The maximum atomic E-state index is 10.5. The Labute approximate surface area is 121 Å². The molecule has 0 aliphatic heterocycles. The Morgan fingerprint density at radius 1 is 1.37 bits per heavy atom. The van der Waals surface area contributed by atoms with Gasteiger partial charge in [-0.05, 0) is 34.0 Å². The lowest BCUT2D eigenvalue weighted by atomic mass is 10.4. The molecule has 1 N–H and O–H groups in total. The molecular formula is C11H20N4O2S2. The van der Waals surface area contributed by atoms with Crippen molar-refractivity contribution in [2.24, 2.45) is 0 Å². The summed E-state index contributed by atoms with van der Waals surface area (Å²) in [6.45, 7) is 4.94. The standard InChI is InChI=1S/C11H20N4O2S2/c1-4-15(7-5-6-14(2)3)10-12-13-11(19-10)18-8-9(16)17/h4-8H2,1-3H3,(H,16,17). The molecule has 1 aromatic rings. The van der Waals surface area contributed by atoms with E-state index in [4.69, 9.17) is 5.11 Å². The summed E-state index contributed by atoms with van der Waals surface area (Å²) in [5.41, 5.74) is 0. The minimum absolute atomic E-state index is 0.0292. The topological polar surface area (TPSA) is 69.6 Å². The lowest BCUT2D eigenvalue weighted by Gasteiger charge is -2.20. The number of hydrogen-bond donors (Lipinski definition) is 1. The number of thioether (sulfide) groups is 1. The van der Waals surface area contributed by atoms with Crippen molar-refractivity contribution < 1.29 is 9.90 Å². The number of nitrogens with zero attached hydrogens (tertiary/aromatic N) is 4. The van der Waals surface area contributed by atoms with Gasteiger partial charge in [-0.2, -0.15) is 0 Å². The van der Waals surface area contributed by atoms with Crippen molar-refractivity contribution in [1.82, 2.24) is 15.1 Å². The molecule has 0 aliphatic rings. The third-order valence-corrected chi connectivity index (χ3v) is 4.50. The second-order valence-electron chi connectivity index (χ2n) is 4.27. The smallest absolute Gasteiger partial charge is 0.313 e. The molecule has 0 saturated carbocycles. The summed E-state index contributed by atoms with van der Waals surface area (Å²) in [5.74, 6) is -0.804. The van der Waals surface area contributed by atoms with Crippen LogP contribution in [0.15, 0.2) is 4.34 Å². The molecule has 0 saturated heterocycles. The number of aliphatic carboxylic acids is 1. The van der Waals surface area contributed by atoms with Crippen LogP contribution in [0.1, 0.15) is 13.3 Å². The number of aromatic nitrogens is 2. The van der Waals surface area contributed by atoms with Gasteiger partial charge in [0.15, 0.2) is 4.34 Å². The fourth-order valence-electron chi connectivity index (χ4n) is 1.48. The highest BCUT2D eigenvalue weighted by Gasteiger charge is 2.12. The molecule has 8 heteroatoms. The summed E-state index contributed by atoms with van der Waals surface area (Å²) in [7, 11) is 4.11. The molecule has 19 heavy (non-hydrogen) atoms. The second-order valence-corrected chi connectivity index (χ2v) is 6.45. The molecule has 1 rings (SSSR count). The Morgan fingerprint density at radius 2 is 2.11 bits per heavy atom. The highest BCUT2D eigenvalue weighted by atomic mass is 32.2. The molecule has 0 aromatic carbocycles. The Bertz CT molecular complexity index is 398. The third kappa shape index (κ3) is 6.22. The van der Waals surface area contributed by atoms with E-state index in [1.54, 1.807) is 0 Å². The molecule has 0 atom stereocenters. The summed E-state index contributed by atoms with van der Waals surface area (Å²) >= 11 is 2.67. The first kappa shape index (κ1) is 16.2. The van der Waals surface area contributed by atoms with E-state index in [9.17, 15) is 4.79 Å². The van der Waals surface area contributed by atoms with Crippen LogP contribution in [0, 0.1) is 0 Å². The molecule has 0 radical (unpaired) electrons. The Kier molecular flexibility index (Phi) is 7.11. The first-order valence-corrected chi connectivity index (χ1v) is 7.91. The van der Waals surface area contributed by atoms with Gasteiger partial charge in [-0.3, -0.25) is 4.79 Å². The van der Waals surface area contributed by atoms with Crippen molar-refractivity contribution in [3.63, 3.8) is 0 Å². The molecule has 108 valence electrons. The molecular weight excluding hydrogens is 284 g/mol. The van der Waals surface area contributed by atoms with E-state index < -0.39 is 5.97 Å². The van der Waals surface area contributed by atoms with E-state index in [1.165, 1.54) is 23.1 Å². The lowest BCUT2D eigenvalue weighted by molar-refractivity contribution is -0.133. The maximum Gasteiger partial charge on any atom is 0.313 e. The van der Waals surface area contributed by atoms with Gasteiger partial charge in [0, 0.05) is 13.1 Å². The molecule has 0 aliphatic carbocycles. The average molecular weight is 304 g/mol. The van der Waals surface area contributed by atoms with Crippen LogP contribution in [-0.4, -0.2) is 65.7 Å². The summed E-state index contributed by atoms with van der Waals surface area (Å²) in [6, 6.07) is 0. The predicted molar refractivity (Wildman–Crippen MR) is 79.3 cm³/mol. The fourth-order valence-corrected chi connectivity index (χ4v) is 3.13. The van der Waals surface area contributed by atoms with E-state index in [0.29, 0.717) is 4.34 Å².